The highest BCUT2D eigenvalue weighted by molar-refractivity contribution is 7.99. The molecule has 0 amide bonds. The summed E-state index contributed by atoms with van der Waals surface area (Å²) in [5, 5.41) is 3.75. The Morgan fingerprint density at radius 2 is 2.33 bits per heavy atom. The second-order valence-electron chi connectivity index (χ2n) is 2.76. The number of aryl methyl sites for hydroxylation is 1. The molecule has 6 heteroatoms. The van der Waals surface area contributed by atoms with Gasteiger partial charge in [0.2, 0.25) is 5.89 Å². The van der Waals surface area contributed by atoms with Crippen LogP contribution in [0.4, 0.5) is 0 Å². The molecular formula is C9H14N2O3S. The zero-order valence-corrected chi connectivity index (χ0v) is 9.67. The number of rotatable bonds is 6. The molecule has 0 fully saturated rings. The van der Waals surface area contributed by atoms with Gasteiger partial charge in [0.25, 0.3) is 0 Å². The first-order chi connectivity index (χ1) is 7.26. The van der Waals surface area contributed by atoms with Gasteiger partial charge in [-0.05, 0) is 6.92 Å². The lowest BCUT2D eigenvalue weighted by Crippen LogP contribution is -2.06. The van der Waals surface area contributed by atoms with E-state index in [0.717, 1.165) is 6.42 Å². The van der Waals surface area contributed by atoms with Crippen molar-refractivity contribution in [2.45, 2.75) is 26.0 Å². The van der Waals surface area contributed by atoms with Gasteiger partial charge in [0.1, 0.15) is 0 Å². The number of hydrogen-bond donors (Lipinski definition) is 0. The van der Waals surface area contributed by atoms with Crippen LogP contribution in [-0.2, 0) is 21.7 Å². The molecule has 1 heterocycles. The highest BCUT2D eigenvalue weighted by Gasteiger charge is 2.07. The smallest absolute Gasteiger partial charge is 0.315 e. The summed E-state index contributed by atoms with van der Waals surface area (Å²) in [7, 11) is 0. The van der Waals surface area contributed by atoms with Gasteiger partial charge in [-0.25, -0.2) is 0 Å². The van der Waals surface area contributed by atoms with Crippen molar-refractivity contribution in [3.05, 3.63) is 11.7 Å². The molecule has 1 rings (SSSR count). The first kappa shape index (κ1) is 12.0. The molecule has 1 aromatic rings. The second kappa shape index (κ2) is 6.44. The lowest BCUT2D eigenvalue weighted by Gasteiger charge is -1.98. The van der Waals surface area contributed by atoms with E-state index in [2.05, 4.69) is 10.1 Å². The minimum atomic E-state index is -0.210. The quantitative estimate of drug-likeness (QED) is 0.689. The van der Waals surface area contributed by atoms with Crippen LogP contribution >= 0.6 is 11.8 Å². The molecule has 84 valence electrons. The van der Waals surface area contributed by atoms with Crippen LogP contribution < -0.4 is 0 Å². The largest absolute Gasteiger partial charge is 0.465 e. The molecule has 0 N–H and O–H groups in total. The molecule has 0 atom stereocenters. The van der Waals surface area contributed by atoms with Gasteiger partial charge >= 0.3 is 5.97 Å². The lowest BCUT2D eigenvalue weighted by atomic mass is 10.5. The molecule has 0 spiro atoms. The number of hydrogen-bond acceptors (Lipinski definition) is 6. The fraction of sp³-hybridized carbons (Fsp3) is 0.667. The molecule has 0 saturated heterocycles. The summed E-state index contributed by atoms with van der Waals surface area (Å²) in [5.74, 6) is 1.91. The first-order valence-electron chi connectivity index (χ1n) is 4.81. The molecule has 0 aromatic carbocycles. The first-order valence-corrected chi connectivity index (χ1v) is 5.96. The Labute approximate surface area is 92.6 Å². The van der Waals surface area contributed by atoms with Crippen molar-refractivity contribution in [2.75, 3.05) is 12.4 Å². The summed E-state index contributed by atoms with van der Waals surface area (Å²) in [6.07, 6.45) is 0.756. The highest BCUT2D eigenvalue weighted by Crippen LogP contribution is 2.10. The molecule has 1 aromatic heterocycles. The van der Waals surface area contributed by atoms with Crippen molar-refractivity contribution in [3.8, 4) is 0 Å². The lowest BCUT2D eigenvalue weighted by molar-refractivity contribution is -0.139. The Hall–Kier alpha value is -1.04. The Kier molecular flexibility index (Phi) is 5.17. The van der Waals surface area contributed by atoms with E-state index in [0.29, 0.717) is 29.8 Å². The summed E-state index contributed by atoms with van der Waals surface area (Å²) in [6.45, 7) is 4.16. The number of aromatic nitrogens is 2. The maximum Gasteiger partial charge on any atom is 0.315 e. The van der Waals surface area contributed by atoms with E-state index in [4.69, 9.17) is 9.26 Å². The zero-order chi connectivity index (χ0) is 11.1. The van der Waals surface area contributed by atoms with Gasteiger partial charge in [0.05, 0.1) is 18.1 Å². The van der Waals surface area contributed by atoms with Gasteiger partial charge in [-0.15, -0.1) is 11.8 Å². The number of carbonyl (C=O) groups excluding carboxylic acids is 1. The van der Waals surface area contributed by atoms with E-state index < -0.39 is 0 Å². The van der Waals surface area contributed by atoms with Crippen LogP contribution in [0.3, 0.4) is 0 Å². The molecule has 0 saturated carbocycles. The molecule has 5 nitrogen and oxygen atoms in total. The molecule has 0 unspecified atom stereocenters. The summed E-state index contributed by atoms with van der Waals surface area (Å²) in [4.78, 5) is 15.1. The summed E-state index contributed by atoms with van der Waals surface area (Å²) in [5.41, 5.74) is 0. The Morgan fingerprint density at radius 3 is 2.93 bits per heavy atom. The molecule has 0 aliphatic carbocycles. The predicted octanol–water partition coefficient (Wildman–Crippen LogP) is 1.43. The Balaban J connectivity index is 2.22. The van der Waals surface area contributed by atoms with Crippen LogP contribution in [-0.4, -0.2) is 28.5 Å². The second-order valence-corrected chi connectivity index (χ2v) is 3.74. The van der Waals surface area contributed by atoms with Crippen LogP contribution in [0.2, 0.25) is 0 Å². The van der Waals surface area contributed by atoms with Crippen molar-refractivity contribution in [1.29, 1.82) is 0 Å². The topological polar surface area (TPSA) is 65.2 Å². The summed E-state index contributed by atoms with van der Waals surface area (Å²) in [6, 6.07) is 0. The van der Waals surface area contributed by atoms with Crippen molar-refractivity contribution in [1.82, 2.24) is 10.1 Å². The molecule has 0 aliphatic heterocycles. The zero-order valence-electron chi connectivity index (χ0n) is 8.86. The Bertz CT molecular complexity index is 314. The van der Waals surface area contributed by atoms with Gasteiger partial charge in [0, 0.05) is 6.42 Å². The van der Waals surface area contributed by atoms with E-state index in [1.54, 1.807) is 6.92 Å². The average Bonchev–Trinajstić information content (AvgIpc) is 2.66. The van der Waals surface area contributed by atoms with Crippen molar-refractivity contribution in [3.63, 3.8) is 0 Å². The molecular weight excluding hydrogens is 216 g/mol. The third kappa shape index (κ3) is 4.33. The minimum Gasteiger partial charge on any atom is -0.465 e. The average molecular weight is 230 g/mol. The Morgan fingerprint density at radius 1 is 1.53 bits per heavy atom. The fourth-order valence-electron chi connectivity index (χ4n) is 0.917. The molecule has 0 radical (unpaired) electrons. The van der Waals surface area contributed by atoms with E-state index in [-0.39, 0.29) is 5.97 Å². The number of carbonyl (C=O) groups is 1. The van der Waals surface area contributed by atoms with Gasteiger partial charge in [0.15, 0.2) is 5.82 Å². The van der Waals surface area contributed by atoms with Crippen molar-refractivity contribution >= 4 is 17.7 Å². The third-order valence-electron chi connectivity index (χ3n) is 1.58. The number of esters is 1. The van der Waals surface area contributed by atoms with Crippen molar-refractivity contribution in [2.24, 2.45) is 0 Å². The van der Waals surface area contributed by atoms with E-state index in [1.165, 1.54) is 11.8 Å². The number of ether oxygens (including phenoxy) is 1. The maximum atomic E-state index is 11.0. The van der Waals surface area contributed by atoms with Crippen LogP contribution in [0.25, 0.3) is 0 Å². The number of thioether (sulfide) groups is 1. The summed E-state index contributed by atoms with van der Waals surface area (Å²) < 4.78 is 9.74. The van der Waals surface area contributed by atoms with Gasteiger partial charge in [-0.2, -0.15) is 4.98 Å². The standard InChI is InChI=1S/C9H14N2O3S/c1-3-7-10-8(14-11-7)5-15-6-9(12)13-4-2/h3-6H2,1-2H3. The van der Waals surface area contributed by atoms with Crippen molar-refractivity contribution < 1.29 is 14.1 Å². The predicted molar refractivity (Wildman–Crippen MR) is 56.5 cm³/mol. The van der Waals surface area contributed by atoms with Crippen LogP contribution in [0.15, 0.2) is 4.52 Å². The van der Waals surface area contributed by atoms with Gasteiger partial charge < -0.3 is 9.26 Å². The minimum absolute atomic E-state index is 0.210. The fourth-order valence-corrected chi connectivity index (χ4v) is 1.56. The molecule has 0 aliphatic rings. The summed E-state index contributed by atoms with van der Waals surface area (Å²) >= 11 is 1.41. The molecule has 0 bridgehead atoms. The van der Waals surface area contributed by atoms with E-state index >= 15 is 0 Å². The van der Waals surface area contributed by atoms with Crippen LogP contribution in [0.5, 0.6) is 0 Å². The SMILES string of the molecule is CCOC(=O)CSCc1nc(CC)no1. The van der Waals surface area contributed by atoms with E-state index in [9.17, 15) is 4.79 Å². The normalized spacial score (nSPS) is 10.3. The third-order valence-corrected chi connectivity index (χ3v) is 2.47. The van der Waals surface area contributed by atoms with Crippen LogP contribution in [0.1, 0.15) is 25.6 Å². The maximum absolute atomic E-state index is 11.0. The van der Waals surface area contributed by atoms with Gasteiger partial charge in [-0.1, -0.05) is 12.1 Å². The van der Waals surface area contributed by atoms with Gasteiger partial charge in [-0.3, -0.25) is 4.79 Å². The monoisotopic (exact) mass is 230 g/mol. The van der Waals surface area contributed by atoms with Crippen LogP contribution in [0, 0.1) is 0 Å². The van der Waals surface area contributed by atoms with E-state index in [1.807, 2.05) is 6.92 Å². The molecule has 15 heavy (non-hydrogen) atoms. The highest BCUT2D eigenvalue weighted by atomic mass is 32.2. The number of nitrogens with zero attached hydrogens (tertiary/aromatic N) is 2.